The Kier molecular flexibility index (Phi) is 8.69. The van der Waals surface area contributed by atoms with Crippen molar-refractivity contribution < 1.29 is 24.2 Å². The Morgan fingerprint density at radius 3 is 2.12 bits per heavy atom. The largest absolute Gasteiger partial charge is 0.481 e. The number of carbonyl (C=O) groups excluding carboxylic acids is 2. The van der Waals surface area contributed by atoms with Crippen LogP contribution in [0.15, 0.2) is 78.9 Å². The monoisotopic (exact) mass is 555 g/mol. The normalized spacial score (nSPS) is 16.7. The summed E-state index contributed by atoms with van der Waals surface area (Å²) < 4.78 is 5.79. The molecule has 1 aliphatic heterocycles. The van der Waals surface area contributed by atoms with Gasteiger partial charge in [-0.05, 0) is 47.1 Å². The van der Waals surface area contributed by atoms with Gasteiger partial charge in [0.05, 0.1) is 5.92 Å². The van der Waals surface area contributed by atoms with E-state index in [1.165, 1.54) is 5.56 Å². The van der Waals surface area contributed by atoms with E-state index >= 15 is 0 Å². The molecule has 0 aromatic heterocycles. The number of rotatable bonds is 10. The van der Waals surface area contributed by atoms with Crippen molar-refractivity contribution in [1.29, 1.82) is 0 Å². The van der Waals surface area contributed by atoms with Gasteiger partial charge < -0.3 is 20.5 Å². The summed E-state index contributed by atoms with van der Waals surface area (Å²) in [6.07, 6.45) is 0.522. The molecular weight excluding hydrogens is 518 g/mol. The fourth-order valence-corrected chi connectivity index (χ4v) is 5.87. The minimum Gasteiger partial charge on any atom is -0.481 e. The lowest BCUT2D eigenvalue weighted by molar-refractivity contribution is -0.141. The molecule has 214 valence electrons. The van der Waals surface area contributed by atoms with E-state index in [-0.39, 0.29) is 25.0 Å². The summed E-state index contributed by atoms with van der Waals surface area (Å²) >= 11 is 0. The highest BCUT2D eigenvalue weighted by molar-refractivity contribution is 5.90. The molecule has 1 aliphatic carbocycles. The second-order valence-electron chi connectivity index (χ2n) is 11.1. The molecule has 3 aromatic rings. The van der Waals surface area contributed by atoms with E-state index < -0.39 is 23.5 Å². The van der Waals surface area contributed by atoms with Crippen LogP contribution in [0.3, 0.4) is 0 Å². The van der Waals surface area contributed by atoms with Crippen molar-refractivity contribution in [3.8, 4) is 11.1 Å². The van der Waals surface area contributed by atoms with Gasteiger partial charge in [-0.25, -0.2) is 4.79 Å². The lowest BCUT2D eigenvalue weighted by Gasteiger charge is -2.41. The Morgan fingerprint density at radius 2 is 1.51 bits per heavy atom. The number of carbonyl (C=O) groups is 3. The fourth-order valence-electron chi connectivity index (χ4n) is 5.87. The molecule has 0 spiro atoms. The maximum atomic E-state index is 13.5. The minimum atomic E-state index is -1.14. The summed E-state index contributed by atoms with van der Waals surface area (Å²) in [4.78, 5) is 40.2. The van der Waals surface area contributed by atoms with Crippen molar-refractivity contribution in [3.05, 3.63) is 95.6 Å². The molecule has 1 saturated heterocycles. The number of likely N-dealkylation sites (tertiary alicyclic amines) is 1. The number of carboxylic acids is 1. The molecule has 3 aromatic carbocycles. The van der Waals surface area contributed by atoms with Gasteiger partial charge in [0.1, 0.15) is 12.1 Å². The predicted molar refractivity (Wildman–Crippen MR) is 156 cm³/mol. The first kappa shape index (κ1) is 28.4. The molecule has 1 heterocycles. The van der Waals surface area contributed by atoms with Gasteiger partial charge >= 0.3 is 12.1 Å². The summed E-state index contributed by atoms with van der Waals surface area (Å²) in [5, 5.41) is 15.0. The summed E-state index contributed by atoms with van der Waals surface area (Å²) in [5.41, 5.74) is 4.59. The number of alkyl carbamates (subject to hydrolysis) is 1. The van der Waals surface area contributed by atoms with Crippen LogP contribution in [-0.4, -0.2) is 59.8 Å². The van der Waals surface area contributed by atoms with Crippen molar-refractivity contribution in [3.63, 3.8) is 0 Å². The molecule has 41 heavy (non-hydrogen) atoms. The third-order valence-corrected chi connectivity index (χ3v) is 8.36. The number of amides is 2. The Labute approximate surface area is 240 Å². The molecule has 2 amide bonds. The average molecular weight is 556 g/mol. The number of aliphatic carboxylic acids is 1. The molecule has 2 aliphatic rings. The van der Waals surface area contributed by atoms with Crippen molar-refractivity contribution in [2.24, 2.45) is 5.92 Å². The van der Waals surface area contributed by atoms with Gasteiger partial charge in [0.2, 0.25) is 5.91 Å². The summed E-state index contributed by atoms with van der Waals surface area (Å²) in [6, 6.07) is 26.5. The van der Waals surface area contributed by atoms with Crippen LogP contribution in [-0.2, 0) is 20.9 Å². The van der Waals surface area contributed by atoms with Gasteiger partial charge in [-0.15, -0.1) is 0 Å². The van der Waals surface area contributed by atoms with E-state index in [9.17, 15) is 19.5 Å². The smallest absolute Gasteiger partial charge is 0.408 e. The van der Waals surface area contributed by atoms with Crippen molar-refractivity contribution >= 4 is 18.0 Å². The number of piperidine rings is 1. The summed E-state index contributed by atoms with van der Waals surface area (Å²) in [6.45, 7) is 4.00. The third kappa shape index (κ3) is 6.43. The summed E-state index contributed by atoms with van der Waals surface area (Å²) in [7, 11) is 0. The van der Waals surface area contributed by atoms with Gasteiger partial charge in [0.15, 0.2) is 0 Å². The lowest BCUT2D eigenvalue weighted by atomic mass is 9.86. The van der Waals surface area contributed by atoms with Crippen molar-refractivity contribution in [1.82, 2.24) is 15.5 Å². The Morgan fingerprint density at radius 1 is 0.927 bits per heavy atom. The van der Waals surface area contributed by atoms with E-state index in [1.807, 2.05) is 42.5 Å². The van der Waals surface area contributed by atoms with E-state index in [1.54, 1.807) is 6.92 Å². The third-order valence-electron chi connectivity index (χ3n) is 8.36. The molecule has 8 heteroatoms. The standard InChI is InChI=1S/C33H37N3O5/c1-23(30(37)38)15-18-34-31(39)33(16-19-36(20-17-33)21-24-9-3-2-4-10-24)35-32(40)41-22-29-27-13-7-5-11-25(27)26-12-6-8-14-28(26)29/h2-14,23,29H,15-22H2,1H3,(H,34,39)(H,35,40)(H,37,38). The van der Waals surface area contributed by atoms with Crippen molar-refractivity contribution in [2.45, 2.75) is 44.2 Å². The fraction of sp³-hybridized carbons (Fsp3) is 0.364. The second-order valence-corrected chi connectivity index (χ2v) is 11.1. The second kappa shape index (κ2) is 12.6. The Hall–Kier alpha value is -4.17. The van der Waals surface area contributed by atoms with Gasteiger partial charge in [0.25, 0.3) is 0 Å². The van der Waals surface area contributed by atoms with Crippen LogP contribution in [0.1, 0.15) is 48.8 Å². The summed E-state index contributed by atoms with van der Waals surface area (Å²) in [5.74, 6) is -1.86. The van der Waals surface area contributed by atoms with Crippen LogP contribution in [0.2, 0.25) is 0 Å². The molecule has 5 rings (SSSR count). The van der Waals surface area contributed by atoms with Crippen LogP contribution >= 0.6 is 0 Å². The topological polar surface area (TPSA) is 108 Å². The molecule has 1 atom stereocenters. The van der Waals surface area contributed by atoms with Crippen LogP contribution in [0, 0.1) is 5.92 Å². The maximum absolute atomic E-state index is 13.5. The Balaban J connectivity index is 1.25. The van der Waals surface area contributed by atoms with Gasteiger partial charge in [-0.3, -0.25) is 14.5 Å². The average Bonchev–Trinajstić information content (AvgIpc) is 3.31. The predicted octanol–water partition coefficient (Wildman–Crippen LogP) is 4.79. The zero-order chi connectivity index (χ0) is 28.8. The van der Waals surface area contributed by atoms with Gasteiger partial charge in [-0.2, -0.15) is 0 Å². The number of fused-ring (bicyclic) bond motifs is 3. The number of hydrogen-bond donors (Lipinski definition) is 3. The number of nitrogens with zero attached hydrogens (tertiary/aromatic N) is 1. The lowest BCUT2D eigenvalue weighted by Crippen LogP contribution is -2.63. The SMILES string of the molecule is CC(CCNC(=O)C1(NC(=O)OCC2c3ccccc3-c3ccccc32)CCN(Cc2ccccc2)CC1)C(=O)O. The highest BCUT2D eigenvalue weighted by atomic mass is 16.5. The zero-order valence-corrected chi connectivity index (χ0v) is 23.3. The first-order chi connectivity index (χ1) is 19.9. The Bertz CT molecular complexity index is 1340. The first-order valence-corrected chi connectivity index (χ1v) is 14.3. The first-order valence-electron chi connectivity index (χ1n) is 14.3. The number of benzene rings is 3. The van der Waals surface area contributed by atoms with Crippen LogP contribution < -0.4 is 10.6 Å². The molecule has 0 bridgehead atoms. The van der Waals surface area contributed by atoms with E-state index in [2.05, 4.69) is 51.9 Å². The highest BCUT2D eigenvalue weighted by Gasteiger charge is 2.43. The molecule has 1 unspecified atom stereocenters. The van der Waals surface area contributed by atoms with E-state index in [0.717, 1.165) is 28.8 Å². The molecular formula is C33H37N3O5. The van der Waals surface area contributed by atoms with E-state index in [4.69, 9.17) is 4.74 Å². The van der Waals surface area contributed by atoms with Crippen molar-refractivity contribution in [2.75, 3.05) is 26.2 Å². The molecule has 3 N–H and O–H groups in total. The molecule has 0 radical (unpaired) electrons. The molecule has 8 nitrogen and oxygen atoms in total. The van der Waals surface area contributed by atoms with E-state index in [0.29, 0.717) is 32.4 Å². The van der Waals surface area contributed by atoms with Gasteiger partial charge in [-0.1, -0.05) is 85.8 Å². The maximum Gasteiger partial charge on any atom is 0.408 e. The zero-order valence-electron chi connectivity index (χ0n) is 23.3. The molecule has 1 fully saturated rings. The molecule has 0 saturated carbocycles. The van der Waals surface area contributed by atoms with Gasteiger partial charge in [0, 0.05) is 32.1 Å². The number of nitrogens with one attached hydrogen (secondary N) is 2. The van der Waals surface area contributed by atoms with Crippen LogP contribution in [0.4, 0.5) is 4.79 Å². The quantitative estimate of drug-likeness (QED) is 0.332. The number of carboxylic acid groups (broad SMARTS) is 1. The number of hydrogen-bond acceptors (Lipinski definition) is 5. The number of ether oxygens (including phenoxy) is 1. The highest BCUT2D eigenvalue weighted by Crippen LogP contribution is 2.44. The van der Waals surface area contributed by atoms with Crippen LogP contribution in [0.25, 0.3) is 11.1 Å². The minimum absolute atomic E-state index is 0.0804. The van der Waals surface area contributed by atoms with Crippen LogP contribution in [0.5, 0.6) is 0 Å².